The molecule has 2 aromatic rings. The van der Waals surface area contributed by atoms with Gasteiger partial charge in [0, 0.05) is 0 Å². The minimum Gasteiger partial charge on any atom is -0.391 e. The summed E-state index contributed by atoms with van der Waals surface area (Å²) in [5, 5.41) is 10.6. The number of halogens is 1. The van der Waals surface area contributed by atoms with E-state index in [1.807, 2.05) is 30.3 Å². The van der Waals surface area contributed by atoms with Gasteiger partial charge in [0.15, 0.2) is 0 Å². The first-order valence-corrected chi connectivity index (χ1v) is 8.35. The maximum absolute atomic E-state index is 10.6. The molecule has 0 heterocycles. The second kappa shape index (κ2) is 8.49. The van der Waals surface area contributed by atoms with Crippen LogP contribution in [0.5, 0.6) is 0 Å². The third-order valence-electron chi connectivity index (χ3n) is 4.88. The number of benzene rings is 2. The van der Waals surface area contributed by atoms with Gasteiger partial charge >= 0.3 is 0 Å². The molecule has 124 valence electrons. The molecule has 1 aliphatic rings. The largest absolute Gasteiger partial charge is 0.391 e. The normalized spacial score (nSPS) is 18.0. The molecule has 3 heteroatoms. The Morgan fingerprint density at radius 1 is 0.870 bits per heavy atom. The summed E-state index contributed by atoms with van der Waals surface area (Å²) < 4.78 is 0. The summed E-state index contributed by atoms with van der Waals surface area (Å²) in [6, 6.07) is 18.3. The van der Waals surface area contributed by atoms with Crippen LogP contribution in [0.3, 0.4) is 0 Å². The third kappa shape index (κ3) is 4.35. The van der Waals surface area contributed by atoms with Crippen LogP contribution in [0.15, 0.2) is 54.6 Å². The minimum atomic E-state index is -0.439. The summed E-state index contributed by atoms with van der Waals surface area (Å²) in [4.78, 5) is 0. The van der Waals surface area contributed by atoms with E-state index in [1.54, 1.807) is 0 Å². The van der Waals surface area contributed by atoms with Crippen molar-refractivity contribution < 1.29 is 5.11 Å². The molecule has 0 radical (unpaired) electrons. The van der Waals surface area contributed by atoms with Crippen LogP contribution in [0.4, 0.5) is 0 Å². The molecule has 0 aromatic heterocycles. The zero-order chi connectivity index (χ0) is 15.4. The van der Waals surface area contributed by atoms with Crippen LogP contribution >= 0.6 is 12.4 Å². The van der Waals surface area contributed by atoms with E-state index < -0.39 is 6.10 Å². The van der Waals surface area contributed by atoms with E-state index in [-0.39, 0.29) is 18.4 Å². The number of hydrogen-bond donors (Lipinski definition) is 2. The summed E-state index contributed by atoms with van der Waals surface area (Å²) in [6.45, 7) is 0. The fourth-order valence-electron chi connectivity index (χ4n) is 3.52. The fraction of sp³-hybridized carbons (Fsp3) is 0.400. The Kier molecular flexibility index (Phi) is 6.64. The van der Waals surface area contributed by atoms with Crippen LogP contribution in [-0.4, -0.2) is 11.2 Å². The van der Waals surface area contributed by atoms with Crippen molar-refractivity contribution in [1.29, 1.82) is 0 Å². The number of hydrogen-bond acceptors (Lipinski definition) is 2. The van der Waals surface area contributed by atoms with E-state index in [9.17, 15) is 5.11 Å². The summed E-state index contributed by atoms with van der Waals surface area (Å²) >= 11 is 0. The number of aliphatic hydroxyl groups excluding tert-OH is 1. The van der Waals surface area contributed by atoms with Crippen molar-refractivity contribution in [3.8, 4) is 11.1 Å². The van der Waals surface area contributed by atoms with Crippen LogP contribution < -0.4 is 5.73 Å². The Labute approximate surface area is 145 Å². The van der Waals surface area contributed by atoms with Crippen molar-refractivity contribution in [2.24, 2.45) is 11.7 Å². The molecular formula is C20H26ClNO. The fourth-order valence-corrected chi connectivity index (χ4v) is 3.52. The smallest absolute Gasteiger partial charge is 0.0760 e. The highest BCUT2D eigenvalue weighted by Crippen LogP contribution is 2.32. The van der Waals surface area contributed by atoms with E-state index in [4.69, 9.17) is 5.73 Å². The molecule has 3 rings (SSSR count). The van der Waals surface area contributed by atoms with E-state index in [2.05, 4.69) is 24.3 Å². The van der Waals surface area contributed by atoms with Gasteiger partial charge in [-0.25, -0.2) is 0 Å². The van der Waals surface area contributed by atoms with E-state index >= 15 is 0 Å². The molecule has 1 saturated carbocycles. The molecular weight excluding hydrogens is 306 g/mol. The molecule has 0 bridgehead atoms. The lowest BCUT2D eigenvalue weighted by molar-refractivity contribution is 0.0618. The van der Waals surface area contributed by atoms with Gasteiger partial charge in [0.1, 0.15) is 0 Å². The number of nitrogens with two attached hydrogens (primary N) is 1. The van der Waals surface area contributed by atoms with E-state index in [0.717, 1.165) is 24.0 Å². The van der Waals surface area contributed by atoms with Crippen molar-refractivity contribution in [3.63, 3.8) is 0 Å². The Morgan fingerprint density at radius 2 is 1.52 bits per heavy atom. The average molecular weight is 332 g/mol. The summed E-state index contributed by atoms with van der Waals surface area (Å²) in [7, 11) is 0. The molecule has 23 heavy (non-hydrogen) atoms. The van der Waals surface area contributed by atoms with Gasteiger partial charge in [0.2, 0.25) is 0 Å². The van der Waals surface area contributed by atoms with Crippen LogP contribution in [0.1, 0.15) is 43.7 Å². The molecule has 0 amide bonds. The summed E-state index contributed by atoms with van der Waals surface area (Å²) in [5.74, 6) is 0.351. The van der Waals surface area contributed by atoms with Crippen LogP contribution in [0, 0.1) is 5.92 Å². The highest BCUT2D eigenvalue weighted by atomic mass is 35.5. The zero-order valence-electron chi connectivity index (χ0n) is 13.4. The molecule has 2 aromatic carbocycles. The topological polar surface area (TPSA) is 46.2 Å². The molecule has 0 spiro atoms. The third-order valence-corrected chi connectivity index (χ3v) is 4.88. The lowest BCUT2D eigenvalue weighted by Gasteiger charge is -2.30. The lowest BCUT2D eigenvalue weighted by atomic mass is 9.81. The highest BCUT2D eigenvalue weighted by molar-refractivity contribution is 5.85. The van der Waals surface area contributed by atoms with Gasteiger partial charge in [-0.2, -0.15) is 0 Å². The second-order valence-corrected chi connectivity index (χ2v) is 6.41. The maximum Gasteiger partial charge on any atom is 0.0760 e. The summed E-state index contributed by atoms with van der Waals surface area (Å²) in [5.41, 5.74) is 9.73. The van der Waals surface area contributed by atoms with Crippen LogP contribution in [-0.2, 0) is 0 Å². The lowest BCUT2D eigenvalue weighted by Crippen LogP contribution is -2.34. The van der Waals surface area contributed by atoms with Crippen molar-refractivity contribution in [2.75, 3.05) is 0 Å². The second-order valence-electron chi connectivity index (χ2n) is 6.41. The first-order chi connectivity index (χ1) is 10.8. The van der Waals surface area contributed by atoms with Crippen molar-refractivity contribution >= 4 is 12.4 Å². The maximum atomic E-state index is 10.6. The standard InChI is InChI=1S/C20H25NO.ClH/c21-19(20(22)16-10-5-2-6-11-16)18-13-7-12-17(14-18)15-8-3-1-4-9-15;/h1,3-4,7-9,12-14,16,19-20,22H,2,5-6,10-11,21H2;1H/t19-,20+;/m0./s1. The monoisotopic (exact) mass is 331 g/mol. The Balaban J connectivity index is 0.00000192. The van der Waals surface area contributed by atoms with Crippen LogP contribution in [0.25, 0.3) is 11.1 Å². The van der Waals surface area contributed by atoms with Crippen LogP contribution in [0.2, 0.25) is 0 Å². The van der Waals surface area contributed by atoms with Crippen molar-refractivity contribution in [1.82, 2.24) is 0 Å². The molecule has 3 N–H and O–H groups in total. The molecule has 0 unspecified atom stereocenters. The Morgan fingerprint density at radius 3 is 2.22 bits per heavy atom. The SMILES string of the molecule is Cl.N[C@@H](c1cccc(-c2ccccc2)c1)[C@H](O)C1CCCCC1. The molecule has 1 fully saturated rings. The quantitative estimate of drug-likeness (QED) is 0.851. The van der Waals surface area contributed by atoms with E-state index in [0.29, 0.717) is 5.92 Å². The Hall–Kier alpha value is -1.35. The molecule has 2 atom stereocenters. The number of aliphatic hydroxyl groups is 1. The van der Waals surface area contributed by atoms with Crippen molar-refractivity contribution in [2.45, 2.75) is 44.2 Å². The highest BCUT2D eigenvalue weighted by Gasteiger charge is 2.27. The zero-order valence-corrected chi connectivity index (χ0v) is 14.2. The molecule has 2 nitrogen and oxygen atoms in total. The number of rotatable bonds is 4. The molecule has 1 aliphatic carbocycles. The van der Waals surface area contributed by atoms with Crippen molar-refractivity contribution in [3.05, 3.63) is 60.2 Å². The molecule has 0 aliphatic heterocycles. The Bertz CT molecular complexity index is 596. The molecule has 0 saturated heterocycles. The average Bonchev–Trinajstić information content (AvgIpc) is 2.62. The summed E-state index contributed by atoms with van der Waals surface area (Å²) in [6.07, 6.45) is 5.51. The first-order valence-electron chi connectivity index (χ1n) is 8.35. The van der Waals surface area contributed by atoms with Gasteiger partial charge in [0.25, 0.3) is 0 Å². The van der Waals surface area contributed by atoms with E-state index in [1.165, 1.54) is 24.8 Å². The van der Waals surface area contributed by atoms with Gasteiger partial charge in [-0.3, -0.25) is 0 Å². The first kappa shape index (κ1) is 18.0. The van der Waals surface area contributed by atoms with Gasteiger partial charge < -0.3 is 10.8 Å². The van der Waals surface area contributed by atoms with Gasteiger partial charge in [-0.15, -0.1) is 12.4 Å². The predicted molar refractivity (Wildman–Crippen MR) is 98.6 cm³/mol. The minimum absolute atomic E-state index is 0. The van der Waals surface area contributed by atoms with Gasteiger partial charge in [-0.05, 0) is 41.5 Å². The predicted octanol–water partition coefficient (Wildman–Crippen LogP) is 4.72. The van der Waals surface area contributed by atoms with Gasteiger partial charge in [0.05, 0.1) is 12.1 Å². The van der Waals surface area contributed by atoms with Gasteiger partial charge in [-0.1, -0.05) is 67.8 Å².